The van der Waals surface area contributed by atoms with Crippen LogP contribution in [0.25, 0.3) is 27.9 Å². The molecule has 2 atom stereocenters. The minimum Gasteiger partial charge on any atom is -0.381 e. The van der Waals surface area contributed by atoms with E-state index in [0.717, 1.165) is 71.8 Å². The predicted octanol–water partition coefficient (Wildman–Crippen LogP) is 5.36. The maximum atomic E-state index is 5.49. The highest BCUT2D eigenvalue weighted by Gasteiger charge is 2.22. The van der Waals surface area contributed by atoms with Crippen molar-refractivity contribution in [1.29, 1.82) is 0 Å². The van der Waals surface area contributed by atoms with E-state index in [4.69, 9.17) is 9.72 Å². The molecule has 4 aromatic heterocycles. The quantitative estimate of drug-likeness (QED) is 0.309. The third-order valence-electron chi connectivity index (χ3n) is 7.50. The van der Waals surface area contributed by atoms with Crippen molar-refractivity contribution in [1.82, 2.24) is 29.9 Å². The highest BCUT2D eigenvalue weighted by molar-refractivity contribution is 5.90. The summed E-state index contributed by atoms with van der Waals surface area (Å²) in [5.74, 6) is 1.23. The molecule has 5 heterocycles. The number of rotatable bonds is 8. The lowest BCUT2D eigenvalue weighted by Gasteiger charge is -2.28. The first-order valence-electron chi connectivity index (χ1n) is 13.2. The lowest BCUT2D eigenvalue weighted by molar-refractivity contribution is 0.0750. The van der Waals surface area contributed by atoms with Crippen molar-refractivity contribution in [3.63, 3.8) is 0 Å². The van der Waals surface area contributed by atoms with Crippen LogP contribution in [0.1, 0.15) is 69.6 Å². The van der Waals surface area contributed by atoms with Crippen LogP contribution >= 0.6 is 0 Å². The molecule has 3 N–H and O–H groups in total. The van der Waals surface area contributed by atoms with E-state index in [2.05, 4.69) is 85.6 Å². The number of nitrogens with zero attached hydrogens (tertiary/aromatic N) is 4. The molecule has 0 aliphatic carbocycles. The van der Waals surface area contributed by atoms with Crippen molar-refractivity contribution in [3.8, 4) is 11.3 Å². The average molecular weight is 490 g/mol. The van der Waals surface area contributed by atoms with Crippen molar-refractivity contribution in [2.24, 2.45) is 0 Å². The summed E-state index contributed by atoms with van der Waals surface area (Å²) in [7, 11) is 0. The van der Waals surface area contributed by atoms with Crippen molar-refractivity contribution in [2.75, 3.05) is 18.5 Å². The number of ether oxygens (including phenoxy) is 1. The van der Waals surface area contributed by atoms with Crippen LogP contribution in [0.2, 0.25) is 0 Å². The van der Waals surface area contributed by atoms with Crippen LogP contribution in [-0.2, 0) is 4.74 Å². The smallest absolute Gasteiger partial charge is 0.158 e. The Labute approximate surface area is 213 Å². The molecule has 0 bridgehead atoms. The Bertz CT molecular complexity index is 1350. The molecule has 1 aliphatic rings. The second-order valence-electron chi connectivity index (χ2n) is 10.7. The number of aromatic nitrogens is 5. The maximum absolute atomic E-state index is 5.49. The Balaban J connectivity index is 1.40. The standard InChI is InChI=1S/C28H39N7O/c1-16(2)25-26(22-14-35-28(29-15-30-35)20(6)19(22)5)33-23-7-8-24(34-27(23)25)32-18(4)13-17(3)31-21-9-11-36-12-10-21/h7-8,14-18,21,31,33H,9-13H2,1-6H3,(H,32,34)/t17?,18-/m1/s1. The second kappa shape index (κ2) is 10.2. The summed E-state index contributed by atoms with van der Waals surface area (Å²) in [5.41, 5.74) is 8.83. The molecule has 0 saturated carbocycles. The average Bonchev–Trinajstić information content (AvgIpc) is 3.46. The summed E-state index contributed by atoms with van der Waals surface area (Å²) in [4.78, 5) is 13.2. The monoisotopic (exact) mass is 489 g/mol. The summed E-state index contributed by atoms with van der Waals surface area (Å²) >= 11 is 0. The minimum absolute atomic E-state index is 0.304. The first-order valence-corrected chi connectivity index (χ1v) is 13.2. The third-order valence-corrected chi connectivity index (χ3v) is 7.50. The second-order valence-corrected chi connectivity index (χ2v) is 10.7. The third kappa shape index (κ3) is 4.84. The highest BCUT2D eigenvalue weighted by Crippen LogP contribution is 2.37. The normalized spacial score (nSPS) is 16.8. The SMILES string of the molecule is Cc1c(-c2[nH]c3ccc(N[C@H](C)CC(C)NC4CCOCC4)nc3c2C(C)C)cn2ncnc2c1C. The van der Waals surface area contributed by atoms with Gasteiger partial charge in [-0.05, 0) is 76.1 Å². The van der Waals surface area contributed by atoms with Gasteiger partial charge in [-0.25, -0.2) is 14.5 Å². The summed E-state index contributed by atoms with van der Waals surface area (Å²) < 4.78 is 7.36. The van der Waals surface area contributed by atoms with E-state index in [-0.39, 0.29) is 0 Å². The van der Waals surface area contributed by atoms with Gasteiger partial charge in [-0.2, -0.15) is 5.10 Å². The van der Waals surface area contributed by atoms with E-state index >= 15 is 0 Å². The molecule has 0 amide bonds. The zero-order chi connectivity index (χ0) is 25.4. The molecule has 5 rings (SSSR count). The first kappa shape index (κ1) is 24.7. The van der Waals surface area contributed by atoms with Crippen molar-refractivity contribution >= 4 is 22.5 Å². The van der Waals surface area contributed by atoms with Gasteiger partial charge in [0.25, 0.3) is 0 Å². The molecule has 8 heteroatoms. The van der Waals surface area contributed by atoms with E-state index in [9.17, 15) is 0 Å². The zero-order valence-electron chi connectivity index (χ0n) is 22.4. The van der Waals surface area contributed by atoms with E-state index in [1.807, 2.05) is 4.52 Å². The molecule has 0 spiro atoms. The lowest BCUT2D eigenvalue weighted by atomic mass is 9.95. The van der Waals surface area contributed by atoms with Crippen LogP contribution in [0, 0.1) is 13.8 Å². The minimum atomic E-state index is 0.304. The molecule has 1 fully saturated rings. The van der Waals surface area contributed by atoms with Crippen LogP contribution in [0.5, 0.6) is 0 Å². The van der Waals surface area contributed by atoms with Gasteiger partial charge in [0.15, 0.2) is 5.65 Å². The van der Waals surface area contributed by atoms with Gasteiger partial charge in [0.05, 0.1) is 16.7 Å². The number of hydrogen-bond donors (Lipinski definition) is 3. The number of pyridine rings is 2. The fourth-order valence-corrected chi connectivity index (χ4v) is 5.57. The zero-order valence-corrected chi connectivity index (χ0v) is 22.4. The summed E-state index contributed by atoms with van der Waals surface area (Å²) in [5, 5.41) is 11.8. The van der Waals surface area contributed by atoms with Gasteiger partial charge in [-0.3, -0.25) is 0 Å². The van der Waals surface area contributed by atoms with Crippen LogP contribution < -0.4 is 10.6 Å². The van der Waals surface area contributed by atoms with Gasteiger partial charge < -0.3 is 20.4 Å². The van der Waals surface area contributed by atoms with Gasteiger partial charge >= 0.3 is 0 Å². The van der Waals surface area contributed by atoms with E-state index in [1.54, 1.807) is 6.33 Å². The molecule has 192 valence electrons. The van der Waals surface area contributed by atoms with Crippen molar-refractivity contribution in [3.05, 3.63) is 41.3 Å². The summed E-state index contributed by atoms with van der Waals surface area (Å²) in [6.07, 6.45) is 6.92. The molecule has 1 unspecified atom stereocenters. The van der Waals surface area contributed by atoms with Crippen molar-refractivity contribution < 1.29 is 4.74 Å². The fraction of sp³-hybridized carbons (Fsp3) is 0.536. The maximum Gasteiger partial charge on any atom is 0.158 e. The predicted molar refractivity (Wildman–Crippen MR) is 146 cm³/mol. The first-order chi connectivity index (χ1) is 17.3. The largest absolute Gasteiger partial charge is 0.381 e. The van der Waals surface area contributed by atoms with Gasteiger partial charge in [0.1, 0.15) is 12.1 Å². The summed E-state index contributed by atoms with van der Waals surface area (Å²) in [6, 6.07) is 5.52. The van der Waals surface area contributed by atoms with Gasteiger partial charge in [0.2, 0.25) is 0 Å². The van der Waals surface area contributed by atoms with Gasteiger partial charge in [-0.15, -0.1) is 0 Å². The van der Waals surface area contributed by atoms with Crippen LogP contribution in [-0.4, -0.2) is 55.9 Å². The topological polar surface area (TPSA) is 92.2 Å². The molecule has 36 heavy (non-hydrogen) atoms. The van der Waals surface area contributed by atoms with Crippen LogP contribution in [0.4, 0.5) is 5.82 Å². The number of nitrogens with one attached hydrogen (secondary N) is 3. The summed E-state index contributed by atoms with van der Waals surface area (Å²) in [6.45, 7) is 15.0. The molecule has 8 nitrogen and oxygen atoms in total. The number of fused-ring (bicyclic) bond motifs is 2. The van der Waals surface area contributed by atoms with Crippen molar-refractivity contribution in [2.45, 2.75) is 84.8 Å². The molecular formula is C28H39N7O. The Morgan fingerprint density at radius 3 is 2.61 bits per heavy atom. The lowest BCUT2D eigenvalue weighted by Crippen LogP contribution is -2.42. The number of aromatic amines is 1. The number of H-pyrrole nitrogens is 1. The Morgan fingerprint density at radius 2 is 1.86 bits per heavy atom. The Hall–Kier alpha value is -2.97. The molecular weight excluding hydrogens is 450 g/mol. The van der Waals surface area contributed by atoms with Crippen LogP contribution in [0.3, 0.4) is 0 Å². The molecule has 0 radical (unpaired) electrons. The number of anilines is 1. The Kier molecular flexibility index (Phi) is 6.99. The molecule has 1 aliphatic heterocycles. The van der Waals surface area contributed by atoms with E-state index in [0.29, 0.717) is 24.0 Å². The number of hydrogen-bond acceptors (Lipinski definition) is 6. The fourth-order valence-electron chi connectivity index (χ4n) is 5.57. The number of aryl methyl sites for hydroxylation is 1. The van der Waals surface area contributed by atoms with Gasteiger partial charge in [0, 0.05) is 48.7 Å². The molecule has 0 aromatic carbocycles. The molecule has 1 saturated heterocycles. The van der Waals surface area contributed by atoms with Crippen LogP contribution in [0.15, 0.2) is 24.7 Å². The molecule has 4 aromatic rings. The van der Waals surface area contributed by atoms with Gasteiger partial charge in [-0.1, -0.05) is 13.8 Å². The highest BCUT2D eigenvalue weighted by atomic mass is 16.5. The van der Waals surface area contributed by atoms with E-state index < -0.39 is 0 Å². The Morgan fingerprint density at radius 1 is 1.08 bits per heavy atom. The van der Waals surface area contributed by atoms with E-state index in [1.165, 1.54) is 11.1 Å².